The molecule has 0 fully saturated rings. The second-order valence-corrected chi connectivity index (χ2v) is 16.9. The molecule has 0 radical (unpaired) electrons. The minimum atomic E-state index is -1.21. The van der Waals surface area contributed by atoms with Crippen molar-refractivity contribution >= 4 is 19.1 Å². The molecule has 5 heterocycles. The molecule has 5 rings (SSSR count). The van der Waals surface area contributed by atoms with Crippen LogP contribution in [0.1, 0.15) is 19.5 Å². The Hall–Kier alpha value is -2.98. The largest absolute Gasteiger partial charge is 0.359 e. The minimum absolute atomic E-state index is 0.0111. The molecule has 184 valence electrons. The number of pyridine rings is 2. The standard InChI is InChI=1S/C25H30F2N6OSi/c1-25(2)10-20-22(23(31-32(20)14-25)19-7-6-16(26)11-28-19)21-17-12-30-33(24(17)29-13-18(21)27)15-34-8-9-35(3,4)5/h6-7,11-13H,8-10,14-15H2,1-5H3. The van der Waals surface area contributed by atoms with Gasteiger partial charge in [-0.3, -0.25) is 9.67 Å². The van der Waals surface area contributed by atoms with Gasteiger partial charge in [-0.1, -0.05) is 33.5 Å². The third-order valence-electron chi connectivity index (χ3n) is 6.33. The van der Waals surface area contributed by atoms with Gasteiger partial charge in [-0.15, -0.1) is 0 Å². The molecule has 1 aliphatic heterocycles. The molecule has 0 aromatic carbocycles. The van der Waals surface area contributed by atoms with Gasteiger partial charge in [0.15, 0.2) is 5.65 Å². The van der Waals surface area contributed by atoms with Crippen molar-refractivity contribution in [1.29, 1.82) is 0 Å². The van der Waals surface area contributed by atoms with Crippen molar-refractivity contribution in [3.8, 4) is 22.5 Å². The van der Waals surface area contributed by atoms with E-state index in [1.54, 1.807) is 16.9 Å². The summed E-state index contributed by atoms with van der Waals surface area (Å²) in [5, 5.41) is 9.84. The SMILES string of the molecule is CC1(C)Cc2c(-c3c(F)cnc4c3cnn4COCC[Si](C)(C)C)c(-c3ccc(F)cn3)nn2C1. The molecule has 0 saturated heterocycles. The summed E-state index contributed by atoms with van der Waals surface area (Å²) in [5.41, 5.74) is 3.55. The molecule has 0 N–H and O–H groups in total. The summed E-state index contributed by atoms with van der Waals surface area (Å²) >= 11 is 0. The van der Waals surface area contributed by atoms with Gasteiger partial charge < -0.3 is 4.74 Å². The zero-order valence-corrected chi connectivity index (χ0v) is 21.8. The van der Waals surface area contributed by atoms with E-state index in [9.17, 15) is 4.39 Å². The molecule has 0 saturated carbocycles. The fourth-order valence-corrected chi connectivity index (χ4v) is 5.32. The first-order valence-corrected chi connectivity index (χ1v) is 15.5. The van der Waals surface area contributed by atoms with E-state index in [0.717, 1.165) is 24.4 Å². The van der Waals surface area contributed by atoms with Gasteiger partial charge in [-0.2, -0.15) is 10.2 Å². The van der Waals surface area contributed by atoms with Crippen LogP contribution in [0.4, 0.5) is 8.78 Å². The molecule has 0 bridgehead atoms. The highest BCUT2D eigenvalue weighted by Crippen LogP contribution is 2.44. The second-order valence-electron chi connectivity index (χ2n) is 11.2. The average molecular weight is 497 g/mol. The number of rotatable bonds is 7. The third kappa shape index (κ3) is 4.64. The maximum absolute atomic E-state index is 15.5. The number of hydrogen-bond donors (Lipinski definition) is 0. The summed E-state index contributed by atoms with van der Waals surface area (Å²) in [6.45, 7) is 12.8. The molecule has 0 aliphatic carbocycles. The van der Waals surface area contributed by atoms with Gasteiger partial charge in [0.05, 0.1) is 29.7 Å². The topological polar surface area (TPSA) is 70.7 Å². The van der Waals surface area contributed by atoms with E-state index in [2.05, 4.69) is 48.6 Å². The first-order chi connectivity index (χ1) is 16.5. The quantitative estimate of drug-likeness (QED) is 0.249. The van der Waals surface area contributed by atoms with Crippen LogP contribution in [-0.2, 0) is 24.4 Å². The molecule has 1 aliphatic rings. The normalized spacial score (nSPS) is 15.2. The monoisotopic (exact) mass is 496 g/mol. The van der Waals surface area contributed by atoms with E-state index in [-0.39, 0.29) is 12.1 Å². The fourth-order valence-electron chi connectivity index (χ4n) is 4.56. The van der Waals surface area contributed by atoms with E-state index in [4.69, 9.17) is 9.84 Å². The van der Waals surface area contributed by atoms with Crippen LogP contribution in [0.25, 0.3) is 33.5 Å². The lowest BCUT2D eigenvalue weighted by Gasteiger charge is -2.16. The Bertz CT molecular complexity index is 1390. The van der Waals surface area contributed by atoms with E-state index in [1.165, 1.54) is 12.3 Å². The van der Waals surface area contributed by atoms with Crippen molar-refractivity contribution in [2.75, 3.05) is 6.61 Å². The second kappa shape index (κ2) is 8.60. The molecule has 4 aromatic heterocycles. The van der Waals surface area contributed by atoms with Crippen LogP contribution < -0.4 is 0 Å². The average Bonchev–Trinajstić information content (AvgIpc) is 3.41. The summed E-state index contributed by atoms with van der Waals surface area (Å²) < 4.78 is 38.5. The molecular formula is C25H30F2N6OSi. The highest BCUT2D eigenvalue weighted by atomic mass is 28.3. The first kappa shape index (κ1) is 23.7. The predicted molar refractivity (Wildman–Crippen MR) is 133 cm³/mol. The van der Waals surface area contributed by atoms with Crippen molar-refractivity contribution in [2.45, 2.75) is 59.2 Å². The van der Waals surface area contributed by atoms with Crippen LogP contribution >= 0.6 is 0 Å². The molecule has 0 unspecified atom stereocenters. The summed E-state index contributed by atoms with van der Waals surface area (Å²) in [6, 6.07) is 3.97. The zero-order valence-electron chi connectivity index (χ0n) is 20.8. The number of aromatic nitrogens is 6. The van der Waals surface area contributed by atoms with Gasteiger partial charge in [-0.25, -0.2) is 18.4 Å². The Morgan fingerprint density at radius 2 is 1.86 bits per heavy atom. The summed E-state index contributed by atoms with van der Waals surface area (Å²) in [4.78, 5) is 8.58. The minimum Gasteiger partial charge on any atom is -0.359 e. The lowest BCUT2D eigenvalue weighted by atomic mass is 9.88. The predicted octanol–water partition coefficient (Wildman–Crippen LogP) is 5.53. The van der Waals surface area contributed by atoms with Gasteiger partial charge in [0, 0.05) is 38.0 Å². The molecule has 35 heavy (non-hydrogen) atoms. The van der Waals surface area contributed by atoms with Gasteiger partial charge >= 0.3 is 0 Å². The van der Waals surface area contributed by atoms with Gasteiger partial charge in [0.25, 0.3) is 0 Å². The van der Waals surface area contributed by atoms with Crippen molar-refractivity contribution < 1.29 is 13.5 Å². The Kier molecular flexibility index (Phi) is 5.83. The van der Waals surface area contributed by atoms with Gasteiger partial charge in [-0.05, 0) is 30.0 Å². The number of nitrogens with zero attached hydrogens (tertiary/aromatic N) is 6. The first-order valence-electron chi connectivity index (χ1n) is 11.8. The fraction of sp³-hybridized carbons (Fsp3) is 0.440. The number of hydrogen-bond acceptors (Lipinski definition) is 5. The Morgan fingerprint density at radius 3 is 2.57 bits per heavy atom. The highest BCUT2D eigenvalue weighted by molar-refractivity contribution is 6.76. The highest BCUT2D eigenvalue weighted by Gasteiger charge is 2.36. The van der Waals surface area contributed by atoms with Crippen LogP contribution in [0.3, 0.4) is 0 Å². The maximum Gasteiger partial charge on any atom is 0.160 e. The van der Waals surface area contributed by atoms with E-state index < -0.39 is 19.7 Å². The van der Waals surface area contributed by atoms with E-state index in [1.807, 2.05) is 4.68 Å². The van der Waals surface area contributed by atoms with Crippen LogP contribution in [0.5, 0.6) is 0 Å². The molecule has 0 amide bonds. The van der Waals surface area contributed by atoms with Crippen molar-refractivity contribution in [3.63, 3.8) is 0 Å². The Morgan fingerprint density at radius 1 is 1.06 bits per heavy atom. The number of ether oxygens (including phenoxy) is 1. The molecule has 0 spiro atoms. The zero-order chi connectivity index (χ0) is 25.0. The molecule has 7 nitrogen and oxygen atoms in total. The molecular weight excluding hydrogens is 466 g/mol. The summed E-state index contributed by atoms with van der Waals surface area (Å²) in [7, 11) is -1.21. The Labute approximate surface area is 204 Å². The summed E-state index contributed by atoms with van der Waals surface area (Å²) in [6.07, 6.45) is 4.74. The smallest absolute Gasteiger partial charge is 0.160 e. The van der Waals surface area contributed by atoms with Crippen molar-refractivity contribution in [3.05, 3.63) is 48.1 Å². The maximum atomic E-state index is 15.5. The third-order valence-corrected chi connectivity index (χ3v) is 8.04. The lowest BCUT2D eigenvalue weighted by molar-refractivity contribution is 0.0813. The van der Waals surface area contributed by atoms with Crippen LogP contribution in [0.15, 0.2) is 30.7 Å². The van der Waals surface area contributed by atoms with Crippen LogP contribution in [-0.4, -0.2) is 44.2 Å². The van der Waals surface area contributed by atoms with Crippen LogP contribution in [0, 0.1) is 17.0 Å². The van der Waals surface area contributed by atoms with E-state index in [0.29, 0.717) is 46.7 Å². The van der Waals surface area contributed by atoms with Crippen LogP contribution in [0.2, 0.25) is 25.7 Å². The van der Waals surface area contributed by atoms with Gasteiger partial charge in [0.2, 0.25) is 0 Å². The van der Waals surface area contributed by atoms with Gasteiger partial charge in [0.1, 0.15) is 24.1 Å². The molecule has 4 aromatic rings. The molecule has 10 heteroatoms. The number of halogens is 2. The lowest BCUT2D eigenvalue weighted by Crippen LogP contribution is -2.22. The van der Waals surface area contributed by atoms with Crippen molar-refractivity contribution in [2.24, 2.45) is 5.41 Å². The number of fused-ring (bicyclic) bond motifs is 2. The van der Waals surface area contributed by atoms with Crippen molar-refractivity contribution in [1.82, 2.24) is 29.5 Å². The van der Waals surface area contributed by atoms with E-state index >= 15 is 4.39 Å². The summed E-state index contributed by atoms with van der Waals surface area (Å²) in [5.74, 6) is -0.892. The molecule has 0 atom stereocenters. The Balaban J connectivity index is 1.60.